The maximum atomic E-state index is 14.0. The van der Waals surface area contributed by atoms with Crippen LogP contribution in [0.15, 0.2) is 5.16 Å². The van der Waals surface area contributed by atoms with E-state index in [4.69, 9.17) is 28.5 Å². The van der Waals surface area contributed by atoms with Crippen LogP contribution < -0.4 is 5.32 Å². The lowest BCUT2D eigenvalue weighted by Gasteiger charge is -2.45. The monoisotopic (exact) mass is 656 g/mol. The first-order valence-electron chi connectivity index (χ1n) is 17.1. The fraction of sp³-hybridized carbons (Fsp3) is 0.912. The fourth-order valence-electron chi connectivity index (χ4n) is 7.32. The molecular weight excluding hydrogens is 596 g/mol. The Bertz CT molecular complexity index is 1030. The fourth-order valence-corrected chi connectivity index (χ4v) is 7.32. The lowest BCUT2D eigenvalue weighted by molar-refractivity contribution is -0.258. The number of rotatable bonds is 7. The van der Waals surface area contributed by atoms with Gasteiger partial charge in [-0.15, -0.1) is 0 Å². The number of esters is 1. The molecule has 1 unspecified atom stereocenters. The molecule has 3 rings (SSSR count). The summed E-state index contributed by atoms with van der Waals surface area (Å²) in [5.41, 5.74) is -2.46. The molecule has 46 heavy (non-hydrogen) atoms. The van der Waals surface area contributed by atoms with Gasteiger partial charge < -0.3 is 44.1 Å². The molecule has 0 saturated carbocycles. The minimum atomic E-state index is -1.86. The SMILES string of the molecule is CC[C@H]1OC(=O)[C@H](C)C(=O)[C@H](C)[C@@H](O[C@H]2C[C@@H](NC)C[C@@H](C)O2)[C@](C)(OC)C[C@@H](C)/C(=N\OC2CCCCO2)[C@H](C)[C@@H](O)[C@]1(C)O. The van der Waals surface area contributed by atoms with Gasteiger partial charge in [-0.3, -0.25) is 9.59 Å². The molecule has 0 aliphatic carbocycles. The van der Waals surface area contributed by atoms with E-state index < -0.39 is 65.8 Å². The van der Waals surface area contributed by atoms with Crippen LogP contribution in [-0.2, 0) is 38.1 Å². The van der Waals surface area contributed by atoms with E-state index in [0.717, 1.165) is 19.3 Å². The lowest BCUT2D eigenvalue weighted by atomic mass is 9.74. The predicted molar refractivity (Wildman–Crippen MR) is 172 cm³/mol. The molecule has 13 atom stereocenters. The maximum Gasteiger partial charge on any atom is 0.316 e. The Labute approximate surface area is 275 Å². The number of Topliss-reactive ketones (excluding diaryl/α,β-unsaturated/α-hetero) is 1. The van der Waals surface area contributed by atoms with Gasteiger partial charge in [-0.1, -0.05) is 32.9 Å². The van der Waals surface area contributed by atoms with Gasteiger partial charge >= 0.3 is 5.97 Å². The summed E-state index contributed by atoms with van der Waals surface area (Å²) in [5, 5.41) is 31.2. The lowest BCUT2D eigenvalue weighted by Crippen LogP contribution is -2.58. The largest absolute Gasteiger partial charge is 0.459 e. The zero-order valence-corrected chi connectivity index (χ0v) is 29.6. The van der Waals surface area contributed by atoms with E-state index in [0.29, 0.717) is 31.6 Å². The molecule has 0 aromatic carbocycles. The first-order valence-corrected chi connectivity index (χ1v) is 17.1. The molecule has 12 nitrogen and oxygen atoms in total. The smallest absolute Gasteiger partial charge is 0.316 e. The third-order valence-electron chi connectivity index (χ3n) is 10.4. The molecule has 0 amide bonds. The second kappa shape index (κ2) is 16.6. The number of ether oxygens (including phenoxy) is 5. The van der Waals surface area contributed by atoms with Gasteiger partial charge in [-0.25, -0.2) is 0 Å². The van der Waals surface area contributed by atoms with Crippen molar-refractivity contribution in [3.05, 3.63) is 0 Å². The molecule has 12 heteroatoms. The summed E-state index contributed by atoms with van der Waals surface area (Å²) in [6, 6.07) is 0.166. The van der Waals surface area contributed by atoms with Gasteiger partial charge in [0.2, 0.25) is 6.29 Å². The third kappa shape index (κ3) is 9.06. The highest BCUT2D eigenvalue weighted by Crippen LogP contribution is 2.38. The third-order valence-corrected chi connectivity index (χ3v) is 10.4. The Balaban J connectivity index is 2.11. The summed E-state index contributed by atoms with van der Waals surface area (Å²) in [4.78, 5) is 33.3. The van der Waals surface area contributed by atoms with E-state index in [1.807, 2.05) is 27.8 Å². The first kappa shape index (κ1) is 38.8. The van der Waals surface area contributed by atoms with Gasteiger partial charge in [0.1, 0.15) is 17.6 Å². The highest BCUT2D eigenvalue weighted by molar-refractivity contribution is 6.00. The van der Waals surface area contributed by atoms with Crippen LogP contribution in [0, 0.1) is 23.7 Å². The summed E-state index contributed by atoms with van der Waals surface area (Å²) in [6.07, 6.45) is -0.0161. The van der Waals surface area contributed by atoms with E-state index in [9.17, 15) is 19.8 Å². The minimum Gasteiger partial charge on any atom is -0.459 e. The molecule has 0 spiro atoms. The molecule has 0 aromatic heterocycles. The molecule has 3 heterocycles. The van der Waals surface area contributed by atoms with E-state index in [1.165, 1.54) is 13.8 Å². The van der Waals surface area contributed by atoms with Crippen molar-refractivity contribution in [1.29, 1.82) is 0 Å². The highest BCUT2D eigenvalue weighted by Gasteiger charge is 2.50. The number of ketones is 1. The highest BCUT2D eigenvalue weighted by atomic mass is 16.8. The Kier molecular flexibility index (Phi) is 14.0. The second-order valence-corrected chi connectivity index (χ2v) is 14.1. The maximum absolute atomic E-state index is 14.0. The number of nitrogens with one attached hydrogen (secondary N) is 1. The Morgan fingerprint density at radius 2 is 1.74 bits per heavy atom. The molecule has 3 aliphatic rings. The normalized spacial score (nSPS) is 44.8. The van der Waals surface area contributed by atoms with Crippen molar-refractivity contribution in [2.24, 2.45) is 28.8 Å². The van der Waals surface area contributed by atoms with Gasteiger partial charge in [0, 0.05) is 43.7 Å². The van der Waals surface area contributed by atoms with Crippen LogP contribution >= 0.6 is 0 Å². The Morgan fingerprint density at radius 3 is 2.33 bits per heavy atom. The van der Waals surface area contributed by atoms with Gasteiger partial charge in [0.25, 0.3) is 0 Å². The van der Waals surface area contributed by atoms with Crippen LogP contribution in [0.2, 0.25) is 0 Å². The number of methoxy groups -OCH3 is 1. The van der Waals surface area contributed by atoms with Gasteiger partial charge in [-0.2, -0.15) is 0 Å². The number of aliphatic hydroxyl groups is 2. The zero-order chi connectivity index (χ0) is 34.4. The minimum absolute atomic E-state index is 0.0682. The number of carbonyl (C=O) groups is 2. The van der Waals surface area contributed by atoms with Crippen LogP contribution in [0.3, 0.4) is 0 Å². The molecule has 266 valence electrons. The van der Waals surface area contributed by atoms with Gasteiger partial charge in [-0.05, 0) is 66.8 Å². The number of aliphatic hydroxyl groups excluding tert-OH is 1. The standard InChI is InChI=1S/C34H60N2O10/c1-11-25-34(8,40)30(38)21(4)28(36-46-26-14-12-13-15-42-26)19(2)18-33(7,41-10)31(22(5)29(37)23(6)32(39)44-25)45-27-17-24(35-9)16-20(3)43-27/h19-27,30-31,35,38,40H,11-18H2,1-10H3/b36-28+/t19-,20-,21+,22+,23-,24+,25-,26?,27+,30-,31-,33-,34-/m1/s1. The first-order chi connectivity index (χ1) is 21.6. The number of hydrogen-bond donors (Lipinski definition) is 3. The molecule has 0 bridgehead atoms. The van der Waals surface area contributed by atoms with E-state index in [-0.39, 0.29) is 30.3 Å². The molecule has 3 N–H and O–H groups in total. The van der Waals surface area contributed by atoms with Crippen LogP contribution in [0.5, 0.6) is 0 Å². The second-order valence-electron chi connectivity index (χ2n) is 14.1. The van der Waals surface area contributed by atoms with Crippen molar-refractivity contribution in [3.8, 4) is 0 Å². The molecule has 3 saturated heterocycles. The van der Waals surface area contributed by atoms with Gasteiger partial charge in [0.15, 0.2) is 12.1 Å². The molecule has 3 aliphatic heterocycles. The number of oxime groups is 1. The summed E-state index contributed by atoms with van der Waals surface area (Å²) in [6.45, 7) is 14.6. The molecule has 3 fully saturated rings. The Morgan fingerprint density at radius 1 is 1.04 bits per heavy atom. The summed E-state index contributed by atoms with van der Waals surface area (Å²) >= 11 is 0. The van der Waals surface area contributed by atoms with Crippen LogP contribution in [0.25, 0.3) is 0 Å². The number of cyclic esters (lactones) is 1. The Hall–Kier alpha value is -1.67. The van der Waals surface area contributed by atoms with Crippen molar-refractivity contribution in [2.75, 3.05) is 20.8 Å². The summed E-state index contributed by atoms with van der Waals surface area (Å²) in [5.74, 6) is -4.21. The van der Waals surface area contributed by atoms with Crippen LogP contribution in [0.1, 0.15) is 100 Å². The van der Waals surface area contributed by atoms with Crippen molar-refractivity contribution >= 4 is 17.5 Å². The predicted octanol–water partition coefficient (Wildman–Crippen LogP) is 3.74. The van der Waals surface area contributed by atoms with E-state index in [1.54, 1.807) is 27.9 Å². The average Bonchev–Trinajstić information content (AvgIpc) is 3.03. The molecular formula is C34H60N2O10. The summed E-state index contributed by atoms with van der Waals surface area (Å²) < 4.78 is 30.6. The number of carbonyl (C=O) groups excluding carboxylic acids is 2. The summed E-state index contributed by atoms with van der Waals surface area (Å²) in [7, 11) is 3.47. The number of hydrogen-bond acceptors (Lipinski definition) is 12. The van der Waals surface area contributed by atoms with Crippen LogP contribution in [0.4, 0.5) is 0 Å². The van der Waals surface area contributed by atoms with Crippen molar-refractivity contribution in [3.63, 3.8) is 0 Å². The molecule has 0 radical (unpaired) electrons. The molecule has 0 aromatic rings. The van der Waals surface area contributed by atoms with Crippen molar-refractivity contribution < 1.29 is 48.3 Å². The van der Waals surface area contributed by atoms with Crippen molar-refractivity contribution in [1.82, 2.24) is 5.32 Å². The zero-order valence-electron chi connectivity index (χ0n) is 29.6. The van der Waals surface area contributed by atoms with E-state index >= 15 is 0 Å². The van der Waals surface area contributed by atoms with E-state index in [2.05, 4.69) is 10.5 Å². The van der Waals surface area contributed by atoms with Gasteiger partial charge in [0.05, 0.1) is 36.2 Å². The quantitative estimate of drug-likeness (QED) is 0.209. The number of nitrogens with zero attached hydrogens (tertiary/aromatic N) is 1. The average molecular weight is 657 g/mol. The van der Waals surface area contributed by atoms with Crippen molar-refractivity contribution in [2.45, 2.75) is 155 Å². The van der Waals surface area contributed by atoms with Crippen LogP contribution in [-0.4, -0.2) is 103 Å². The topological polar surface area (TPSA) is 154 Å².